The van der Waals surface area contributed by atoms with Crippen molar-refractivity contribution < 1.29 is 23.0 Å². The molecular formula is C19H18BrF2NO3. The van der Waals surface area contributed by atoms with Gasteiger partial charge in [-0.15, -0.1) is 0 Å². The molecule has 7 heteroatoms. The van der Waals surface area contributed by atoms with Gasteiger partial charge in [0.1, 0.15) is 0 Å². The van der Waals surface area contributed by atoms with Crippen LogP contribution in [-0.2, 0) is 4.79 Å². The zero-order valence-corrected chi connectivity index (χ0v) is 15.8. The van der Waals surface area contributed by atoms with Crippen molar-refractivity contribution in [1.82, 2.24) is 5.32 Å². The van der Waals surface area contributed by atoms with Gasteiger partial charge in [0.15, 0.2) is 11.5 Å². The largest absolute Gasteiger partial charge is 0.493 e. The van der Waals surface area contributed by atoms with E-state index < -0.39 is 6.61 Å². The standard InChI is InChI=1S/C19H18BrF2NO3/c1-12(14-5-3-4-6-15(14)20)23-18(24)10-8-13-7-9-16(26-19(21)22)17(11-13)25-2/h3-12,19H,1-2H3,(H,23,24)/b10-8+. The van der Waals surface area contributed by atoms with Crippen LogP contribution in [0.3, 0.4) is 0 Å². The van der Waals surface area contributed by atoms with Crippen molar-refractivity contribution in [3.8, 4) is 11.5 Å². The molecule has 2 aromatic carbocycles. The van der Waals surface area contributed by atoms with Crippen molar-refractivity contribution in [1.29, 1.82) is 0 Å². The molecule has 2 rings (SSSR count). The second-order valence-corrected chi connectivity index (χ2v) is 6.23. The molecule has 0 radical (unpaired) electrons. The van der Waals surface area contributed by atoms with Crippen LogP contribution in [0.5, 0.6) is 11.5 Å². The number of rotatable bonds is 7. The molecule has 26 heavy (non-hydrogen) atoms. The molecule has 0 aliphatic heterocycles. The predicted octanol–water partition coefficient (Wildman–Crippen LogP) is 4.95. The van der Waals surface area contributed by atoms with Crippen LogP contribution in [0, 0.1) is 0 Å². The van der Waals surface area contributed by atoms with E-state index in [0.717, 1.165) is 10.0 Å². The Labute approximate surface area is 158 Å². The molecule has 0 saturated carbocycles. The van der Waals surface area contributed by atoms with Gasteiger partial charge in [-0.3, -0.25) is 4.79 Å². The van der Waals surface area contributed by atoms with Crippen molar-refractivity contribution in [3.05, 3.63) is 64.1 Å². The van der Waals surface area contributed by atoms with Crippen molar-refractivity contribution in [2.24, 2.45) is 0 Å². The van der Waals surface area contributed by atoms with Crippen LogP contribution in [0.1, 0.15) is 24.1 Å². The molecule has 0 aromatic heterocycles. The number of hydrogen-bond acceptors (Lipinski definition) is 3. The van der Waals surface area contributed by atoms with Gasteiger partial charge in [-0.2, -0.15) is 8.78 Å². The summed E-state index contributed by atoms with van der Waals surface area (Å²) in [6, 6.07) is 11.9. The van der Waals surface area contributed by atoms with E-state index in [1.54, 1.807) is 12.1 Å². The summed E-state index contributed by atoms with van der Waals surface area (Å²) < 4.78 is 35.0. The zero-order chi connectivity index (χ0) is 19.1. The Morgan fingerprint density at radius 3 is 2.58 bits per heavy atom. The molecular weight excluding hydrogens is 408 g/mol. The third-order valence-electron chi connectivity index (χ3n) is 3.56. The third kappa shape index (κ3) is 5.56. The van der Waals surface area contributed by atoms with E-state index in [4.69, 9.17) is 4.74 Å². The fourth-order valence-electron chi connectivity index (χ4n) is 2.32. The highest BCUT2D eigenvalue weighted by atomic mass is 79.9. The number of nitrogens with one attached hydrogen (secondary N) is 1. The van der Waals surface area contributed by atoms with Crippen LogP contribution >= 0.6 is 15.9 Å². The summed E-state index contributed by atoms with van der Waals surface area (Å²) in [5.41, 5.74) is 1.58. The SMILES string of the molecule is COc1cc(/C=C/C(=O)NC(C)c2ccccc2Br)ccc1OC(F)F. The molecule has 1 N–H and O–H groups in total. The molecule has 1 atom stereocenters. The van der Waals surface area contributed by atoms with E-state index in [1.807, 2.05) is 31.2 Å². The number of benzene rings is 2. The van der Waals surface area contributed by atoms with Crippen molar-refractivity contribution in [2.45, 2.75) is 19.6 Å². The number of alkyl halides is 2. The smallest absolute Gasteiger partial charge is 0.387 e. The normalized spacial score (nSPS) is 12.2. The molecule has 0 aliphatic carbocycles. The fraction of sp³-hybridized carbons (Fsp3) is 0.211. The number of amides is 1. The maximum absolute atomic E-state index is 12.3. The average Bonchev–Trinajstić information content (AvgIpc) is 2.60. The maximum Gasteiger partial charge on any atom is 0.387 e. The minimum atomic E-state index is -2.94. The summed E-state index contributed by atoms with van der Waals surface area (Å²) in [6.45, 7) is -1.06. The van der Waals surface area contributed by atoms with Crippen LogP contribution in [0.4, 0.5) is 8.78 Å². The topological polar surface area (TPSA) is 47.6 Å². The molecule has 0 spiro atoms. The van der Waals surface area contributed by atoms with E-state index in [9.17, 15) is 13.6 Å². The van der Waals surface area contributed by atoms with Gasteiger partial charge in [-0.25, -0.2) is 0 Å². The van der Waals surface area contributed by atoms with E-state index >= 15 is 0 Å². The van der Waals surface area contributed by atoms with E-state index in [2.05, 4.69) is 26.0 Å². The summed E-state index contributed by atoms with van der Waals surface area (Å²) in [6.07, 6.45) is 2.94. The molecule has 0 aliphatic rings. The van der Waals surface area contributed by atoms with Gasteiger partial charge < -0.3 is 14.8 Å². The Balaban J connectivity index is 2.04. The Morgan fingerprint density at radius 1 is 1.19 bits per heavy atom. The summed E-state index contributed by atoms with van der Waals surface area (Å²) in [7, 11) is 1.35. The van der Waals surface area contributed by atoms with Gasteiger partial charge in [0.05, 0.1) is 13.2 Å². The Hall–Kier alpha value is -2.41. The highest BCUT2D eigenvalue weighted by Gasteiger charge is 2.12. The van der Waals surface area contributed by atoms with Crippen molar-refractivity contribution in [3.63, 3.8) is 0 Å². The second kappa shape index (κ2) is 9.33. The maximum atomic E-state index is 12.3. The van der Waals surface area contributed by atoms with Crippen LogP contribution in [0.15, 0.2) is 53.0 Å². The van der Waals surface area contributed by atoms with Gasteiger partial charge in [0, 0.05) is 10.5 Å². The molecule has 1 unspecified atom stereocenters. The van der Waals surface area contributed by atoms with Gasteiger partial charge in [0.2, 0.25) is 5.91 Å². The van der Waals surface area contributed by atoms with Gasteiger partial charge >= 0.3 is 6.61 Å². The van der Waals surface area contributed by atoms with E-state index in [-0.39, 0.29) is 23.4 Å². The number of hydrogen-bond donors (Lipinski definition) is 1. The van der Waals surface area contributed by atoms with E-state index in [1.165, 1.54) is 25.3 Å². The number of carbonyl (C=O) groups is 1. The number of halogens is 3. The van der Waals surface area contributed by atoms with Crippen molar-refractivity contribution >= 4 is 27.9 Å². The fourth-order valence-corrected chi connectivity index (χ4v) is 2.95. The van der Waals surface area contributed by atoms with E-state index in [0.29, 0.717) is 5.56 Å². The minimum absolute atomic E-state index is 0.0633. The number of carbonyl (C=O) groups excluding carboxylic acids is 1. The monoisotopic (exact) mass is 425 g/mol. The lowest BCUT2D eigenvalue weighted by atomic mass is 10.1. The van der Waals surface area contributed by atoms with Crippen LogP contribution in [-0.4, -0.2) is 19.6 Å². The minimum Gasteiger partial charge on any atom is -0.493 e. The highest BCUT2D eigenvalue weighted by molar-refractivity contribution is 9.10. The summed E-state index contributed by atoms with van der Waals surface area (Å²) in [5.74, 6) is -0.179. The molecule has 0 heterocycles. The number of methoxy groups -OCH3 is 1. The second-order valence-electron chi connectivity index (χ2n) is 5.37. The van der Waals surface area contributed by atoms with Crippen LogP contribution in [0.25, 0.3) is 6.08 Å². The lowest BCUT2D eigenvalue weighted by Crippen LogP contribution is -2.24. The lowest BCUT2D eigenvalue weighted by Gasteiger charge is -2.14. The molecule has 0 bridgehead atoms. The average molecular weight is 426 g/mol. The van der Waals surface area contributed by atoms with Crippen molar-refractivity contribution in [2.75, 3.05) is 7.11 Å². The van der Waals surface area contributed by atoms with Gasteiger partial charge in [0.25, 0.3) is 0 Å². The molecule has 0 saturated heterocycles. The summed E-state index contributed by atoms with van der Waals surface area (Å²) in [4.78, 5) is 12.1. The summed E-state index contributed by atoms with van der Waals surface area (Å²) in [5, 5.41) is 2.86. The first-order valence-electron chi connectivity index (χ1n) is 7.76. The molecule has 2 aromatic rings. The lowest BCUT2D eigenvalue weighted by molar-refractivity contribution is -0.117. The Kier molecular flexibility index (Phi) is 7.15. The zero-order valence-electron chi connectivity index (χ0n) is 14.2. The molecule has 1 amide bonds. The molecule has 0 fully saturated rings. The Bertz CT molecular complexity index is 796. The van der Waals surface area contributed by atoms with Gasteiger partial charge in [-0.1, -0.05) is 40.2 Å². The highest BCUT2D eigenvalue weighted by Crippen LogP contribution is 2.30. The summed E-state index contributed by atoms with van der Waals surface area (Å²) >= 11 is 3.45. The predicted molar refractivity (Wildman–Crippen MR) is 99.4 cm³/mol. The van der Waals surface area contributed by atoms with Gasteiger partial charge in [-0.05, 0) is 42.3 Å². The van der Waals surface area contributed by atoms with Crippen LogP contribution < -0.4 is 14.8 Å². The molecule has 4 nitrogen and oxygen atoms in total. The first kappa shape index (κ1) is 19.9. The first-order chi connectivity index (χ1) is 12.4. The first-order valence-corrected chi connectivity index (χ1v) is 8.56. The Morgan fingerprint density at radius 2 is 1.92 bits per heavy atom. The quantitative estimate of drug-likeness (QED) is 0.638. The third-order valence-corrected chi connectivity index (χ3v) is 4.28. The number of ether oxygens (including phenoxy) is 2. The molecule has 138 valence electrons. The van der Waals surface area contributed by atoms with Crippen LogP contribution in [0.2, 0.25) is 0 Å².